The molecule has 0 aliphatic heterocycles. The third-order valence-corrected chi connectivity index (χ3v) is 4.03. The number of nitrogens with zero attached hydrogens (tertiary/aromatic N) is 3. The molecule has 0 saturated carbocycles. The third kappa shape index (κ3) is 4.12. The minimum absolute atomic E-state index is 0.586. The first kappa shape index (κ1) is 17.5. The van der Waals surface area contributed by atoms with Crippen LogP contribution in [0.3, 0.4) is 0 Å². The molecule has 0 aliphatic rings. The van der Waals surface area contributed by atoms with E-state index >= 15 is 0 Å². The normalized spacial score (nSPS) is 14.0. The molecule has 5 heteroatoms. The summed E-state index contributed by atoms with van der Waals surface area (Å²) in [7, 11) is 7.81. The Bertz CT molecular complexity index is 607. The number of imidazole rings is 1. The summed E-state index contributed by atoms with van der Waals surface area (Å²) < 4.78 is 13.6. The van der Waals surface area contributed by atoms with Crippen molar-refractivity contribution in [2.75, 3.05) is 34.4 Å². The van der Waals surface area contributed by atoms with Crippen LogP contribution in [0.25, 0.3) is 0 Å². The molecule has 2 rings (SSSR count). The van der Waals surface area contributed by atoms with Gasteiger partial charge in [0.25, 0.3) is 0 Å². The van der Waals surface area contributed by atoms with E-state index in [1.54, 1.807) is 13.3 Å². The first-order valence-corrected chi connectivity index (χ1v) is 7.88. The van der Waals surface area contributed by atoms with Crippen molar-refractivity contribution < 1.29 is 9.47 Å². The number of methoxy groups -OCH3 is 1. The summed E-state index contributed by atoms with van der Waals surface area (Å²) in [6, 6.07) is 8.00. The fourth-order valence-corrected chi connectivity index (χ4v) is 2.67. The van der Waals surface area contributed by atoms with Crippen molar-refractivity contribution in [1.29, 1.82) is 0 Å². The minimum Gasteiger partial charge on any atom is -0.497 e. The molecule has 0 spiro atoms. The van der Waals surface area contributed by atoms with Gasteiger partial charge in [0.05, 0.1) is 7.11 Å². The van der Waals surface area contributed by atoms with E-state index in [0.29, 0.717) is 6.61 Å². The molecule has 126 valence electrons. The van der Waals surface area contributed by atoms with Crippen molar-refractivity contribution in [3.05, 3.63) is 48.0 Å². The van der Waals surface area contributed by atoms with Crippen LogP contribution in [0, 0.1) is 0 Å². The smallest absolute Gasteiger partial charge is 0.148 e. The largest absolute Gasteiger partial charge is 0.497 e. The first-order valence-electron chi connectivity index (χ1n) is 7.88. The second-order valence-corrected chi connectivity index (χ2v) is 6.13. The van der Waals surface area contributed by atoms with Gasteiger partial charge in [-0.1, -0.05) is 12.1 Å². The Balaban J connectivity index is 2.25. The molecule has 23 heavy (non-hydrogen) atoms. The van der Waals surface area contributed by atoms with Crippen LogP contribution in [0.15, 0.2) is 36.7 Å². The number of hydrogen-bond donors (Lipinski definition) is 0. The van der Waals surface area contributed by atoms with Gasteiger partial charge in [-0.05, 0) is 51.7 Å². The van der Waals surface area contributed by atoms with Gasteiger partial charge in [-0.15, -0.1) is 0 Å². The zero-order valence-electron chi connectivity index (χ0n) is 14.7. The minimum atomic E-state index is -0.586. The fourth-order valence-electron chi connectivity index (χ4n) is 2.67. The molecular weight excluding hydrogens is 290 g/mol. The topological polar surface area (TPSA) is 39.5 Å². The molecule has 1 aromatic heterocycles. The number of benzene rings is 1. The highest BCUT2D eigenvalue weighted by atomic mass is 16.5. The van der Waals surface area contributed by atoms with Crippen LogP contribution >= 0.6 is 0 Å². The lowest BCUT2D eigenvalue weighted by atomic mass is 9.94. The SMILES string of the molecule is COc1ccc(C(C)(OCCCN(C)C)c2nccn2C)cc1. The van der Waals surface area contributed by atoms with Crippen molar-refractivity contribution in [3.8, 4) is 5.75 Å². The molecule has 1 atom stereocenters. The average molecular weight is 317 g/mol. The molecule has 1 heterocycles. The highest BCUT2D eigenvalue weighted by molar-refractivity contribution is 5.34. The molecule has 0 aliphatic carbocycles. The Morgan fingerprint density at radius 2 is 1.91 bits per heavy atom. The first-order chi connectivity index (χ1) is 11.0. The van der Waals surface area contributed by atoms with Crippen molar-refractivity contribution >= 4 is 0 Å². The lowest BCUT2D eigenvalue weighted by Gasteiger charge is -2.30. The number of aromatic nitrogens is 2. The maximum absolute atomic E-state index is 6.31. The summed E-state index contributed by atoms with van der Waals surface area (Å²) >= 11 is 0. The molecule has 0 N–H and O–H groups in total. The van der Waals surface area contributed by atoms with Gasteiger partial charge in [0.15, 0.2) is 0 Å². The summed E-state index contributed by atoms with van der Waals surface area (Å²) in [5.74, 6) is 1.73. The van der Waals surface area contributed by atoms with Gasteiger partial charge in [0.1, 0.15) is 17.2 Å². The van der Waals surface area contributed by atoms with E-state index in [9.17, 15) is 0 Å². The van der Waals surface area contributed by atoms with Crippen LogP contribution in [-0.2, 0) is 17.4 Å². The fraction of sp³-hybridized carbons (Fsp3) is 0.500. The molecule has 5 nitrogen and oxygen atoms in total. The number of aryl methyl sites for hydroxylation is 1. The summed E-state index contributed by atoms with van der Waals surface area (Å²) in [6.45, 7) is 3.75. The van der Waals surface area contributed by atoms with Crippen LogP contribution in [0.5, 0.6) is 5.75 Å². The number of ether oxygens (including phenoxy) is 2. The molecular formula is C18H27N3O2. The highest BCUT2D eigenvalue weighted by Gasteiger charge is 2.33. The molecule has 0 radical (unpaired) electrons. The maximum Gasteiger partial charge on any atom is 0.148 e. The Labute approximate surface area is 138 Å². The zero-order chi connectivity index (χ0) is 16.9. The molecule has 1 aromatic carbocycles. The second kappa shape index (κ2) is 7.62. The third-order valence-electron chi connectivity index (χ3n) is 4.03. The van der Waals surface area contributed by atoms with Crippen molar-refractivity contribution in [1.82, 2.24) is 14.5 Å². The molecule has 0 bridgehead atoms. The van der Waals surface area contributed by atoms with Gasteiger partial charge in [0, 0.05) is 26.0 Å². The Hall–Kier alpha value is -1.85. The Kier molecular flexibility index (Phi) is 5.80. The van der Waals surface area contributed by atoms with E-state index in [1.165, 1.54) is 0 Å². The monoisotopic (exact) mass is 317 g/mol. The second-order valence-electron chi connectivity index (χ2n) is 6.13. The van der Waals surface area contributed by atoms with E-state index < -0.39 is 5.60 Å². The van der Waals surface area contributed by atoms with Gasteiger partial charge in [0.2, 0.25) is 0 Å². The number of hydrogen-bond acceptors (Lipinski definition) is 4. The predicted octanol–water partition coefficient (Wildman–Crippen LogP) is 2.66. The molecule has 0 fully saturated rings. The van der Waals surface area contributed by atoms with Crippen LogP contribution in [-0.4, -0.2) is 48.8 Å². The maximum atomic E-state index is 6.31. The highest BCUT2D eigenvalue weighted by Crippen LogP contribution is 2.33. The van der Waals surface area contributed by atoms with Crippen LogP contribution in [0.2, 0.25) is 0 Å². The molecule has 0 amide bonds. The predicted molar refractivity (Wildman–Crippen MR) is 91.8 cm³/mol. The summed E-state index contributed by atoms with van der Waals surface area (Å²) in [5, 5.41) is 0. The van der Waals surface area contributed by atoms with Crippen LogP contribution in [0.4, 0.5) is 0 Å². The van der Waals surface area contributed by atoms with Crippen molar-refractivity contribution in [2.24, 2.45) is 7.05 Å². The molecule has 0 saturated heterocycles. The van der Waals surface area contributed by atoms with E-state index in [0.717, 1.165) is 30.1 Å². The van der Waals surface area contributed by atoms with Crippen LogP contribution < -0.4 is 4.74 Å². The van der Waals surface area contributed by atoms with Crippen molar-refractivity contribution in [3.63, 3.8) is 0 Å². The van der Waals surface area contributed by atoms with Gasteiger partial charge >= 0.3 is 0 Å². The van der Waals surface area contributed by atoms with E-state index in [-0.39, 0.29) is 0 Å². The van der Waals surface area contributed by atoms with E-state index in [2.05, 4.69) is 30.9 Å². The zero-order valence-corrected chi connectivity index (χ0v) is 14.7. The van der Waals surface area contributed by atoms with Gasteiger partial charge in [-0.3, -0.25) is 0 Å². The number of rotatable bonds is 8. The Morgan fingerprint density at radius 1 is 1.22 bits per heavy atom. The summed E-state index contributed by atoms with van der Waals surface area (Å²) in [4.78, 5) is 6.68. The van der Waals surface area contributed by atoms with Crippen LogP contribution in [0.1, 0.15) is 24.7 Å². The van der Waals surface area contributed by atoms with E-state index in [4.69, 9.17) is 9.47 Å². The van der Waals surface area contributed by atoms with Crippen molar-refractivity contribution in [2.45, 2.75) is 18.9 Å². The Morgan fingerprint density at radius 3 is 2.43 bits per heavy atom. The van der Waals surface area contributed by atoms with E-state index in [1.807, 2.05) is 42.1 Å². The summed E-state index contributed by atoms with van der Waals surface area (Å²) in [6.07, 6.45) is 4.73. The quantitative estimate of drug-likeness (QED) is 0.702. The van der Waals surface area contributed by atoms with Gasteiger partial charge < -0.3 is 18.9 Å². The standard InChI is InChI=1S/C18H27N3O2/c1-18(17-19-11-13-21(17)4,23-14-6-12-20(2)3)15-7-9-16(22-5)10-8-15/h7-11,13H,6,12,14H2,1-5H3. The molecule has 2 aromatic rings. The lowest BCUT2D eigenvalue weighted by molar-refractivity contribution is -0.0152. The average Bonchev–Trinajstić information content (AvgIpc) is 2.98. The molecule has 1 unspecified atom stereocenters. The van der Waals surface area contributed by atoms with Gasteiger partial charge in [-0.25, -0.2) is 4.98 Å². The lowest BCUT2D eigenvalue weighted by Crippen LogP contribution is -2.32. The van der Waals surface area contributed by atoms with Gasteiger partial charge in [-0.2, -0.15) is 0 Å². The summed E-state index contributed by atoms with van der Waals surface area (Å²) in [5.41, 5.74) is 0.481.